The van der Waals surface area contributed by atoms with E-state index >= 15 is 0 Å². The molecule has 122 valence electrons. The molecular weight excluding hydrogens is 312 g/mol. The first-order valence-electron chi connectivity index (χ1n) is 7.35. The molecule has 0 aliphatic heterocycles. The molecule has 0 bridgehead atoms. The number of benzene rings is 1. The molecule has 2 aromatic rings. The number of carbonyl (C=O) groups excluding carboxylic acids is 2. The van der Waals surface area contributed by atoms with Gasteiger partial charge in [-0.1, -0.05) is 35.9 Å². The van der Waals surface area contributed by atoms with Gasteiger partial charge in [-0.15, -0.1) is 11.3 Å². The minimum absolute atomic E-state index is 0.00833. The van der Waals surface area contributed by atoms with Crippen molar-refractivity contribution in [2.75, 3.05) is 7.11 Å². The van der Waals surface area contributed by atoms with Crippen LogP contribution >= 0.6 is 11.3 Å². The van der Waals surface area contributed by atoms with E-state index in [1.54, 1.807) is 18.3 Å². The van der Waals surface area contributed by atoms with E-state index in [4.69, 9.17) is 0 Å². The SMILES string of the molecule is COC(=O)NC(=O)[C@@H](C)[NH2+][C@@H](c1ccc(C)cc1)c1cccs1. The summed E-state index contributed by atoms with van der Waals surface area (Å²) >= 11 is 1.65. The standard InChI is InChI=1S/C17H20N2O3S/c1-11-6-8-13(9-7-11)15(14-5-4-10-23-14)18-12(2)16(20)19-17(21)22-3/h4-10,12,15,18H,1-3H3,(H,19,20,21)/p+1/t12-,15+/m1/s1. The van der Waals surface area contributed by atoms with Crippen molar-refractivity contribution >= 4 is 23.3 Å². The average Bonchev–Trinajstić information content (AvgIpc) is 3.07. The topological polar surface area (TPSA) is 72.0 Å². The van der Waals surface area contributed by atoms with Crippen LogP contribution in [0.1, 0.15) is 29.0 Å². The summed E-state index contributed by atoms with van der Waals surface area (Å²) in [5, 5.41) is 6.18. The highest BCUT2D eigenvalue weighted by Gasteiger charge is 2.26. The number of rotatable bonds is 5. The molecule has 0 aliphatic rings. The van der Waals surface area contributed by atoms with E-state index in [1.807, 2.05) is 23.7 Å². The van der Waals surface area contributed by atoms with Gasteiger partial charge in [-0.2, -0.15) is 0 Å². The first kappa shape index (κ1) is 17.2. The van der Waals surface area contributed by atoms with Crippen LogP contribution in [0, 0.1) is 6.92 Å². The molecule has 0 unspecified atom stereocenters. The van der Waals surface area contributed by atoms with Gasteiger partial charge in [-0.05, 0) is 25.3 Å². The zero-order chi connectivity index (χ0) is 16.8. The van der Waals surface area contributed by atoms with E-state index in [-0.39, 0.29) is 11.9 Å². The lowest BCUT2D eigenvalue weighted by atomic mass is 10.0. The molecule has 0 spiro atoms. The van der Waals surface area contributed by atoms with Crippen LogP contribution in [0.5, 0.6) is 0 Å². The Morgan fingerprint density at radius 2 is 1.91 bits per heavy atom. The van der Waals surface area contributed by atoms with Gasteiger partial charge in [-0.25, -0.2) is 4.79 Å². The monoisotopic (exact) mass is 333 g/mol. The largest absolute Gasteiger partial charge is 0.453 e. The Balaban J connectivity index is 2.17. The van der Waals surface area contributed by atoms with E-state index in [1.165, 1.54) is 12.7 Å². The van der Waals surface area contributed by atoms with Gasteiger partial charge >= 0.3 is 6.09 Å². The third kappa shape index (κ3) is 4.64. The fourth-order valence-electron chi connectivity index (χ4n) is 2.25. The Morgan fingerprint density at radius 3 is 2.48 bits per heavy atom. The third-order valence-corrected chi connectivity index (χ3v) is 4.55. The normalized spacial score (nSPS) is 13.2. The van der Waals surface area contributed by atoms with Crippen molar-refractivity contribution in [2.45, 2.75) is 25.9 Å². The van der Waals surface area contributed by atoms with Crippen molar-refractivity contribution in [3.8, 4) is 0 Å². The average molecular weight is 333 g/mol. The van der Waals surface area contributed by atoms with Crippen LogP contribution < -0.4 is 10.6 Å². The molecular formula is C17H21N2O3S+. The van der Waals surface area contributed by atoms with Crippen LogP contribution in [-0.4, -0.2) is 25.2 Å². The molecule has 0 aliphatic carbocycles. The molecule has 6 heteroatoms. The fourth-order valence-corrected chi connectivity index (χ4v) is 3.09. The highest BCUT2D eigenvalue weighted by atomic mass is 32.1. The number of ether oxygens (including phenoxy) is 1. The summed E-state index contributed by atoms with van der Waals surface area (Å²) in [7, 11) is 1.23. The second-order valence-corrected chi connectivity index (χ2v) is 6.35. The van der Waals surface area contributed by atoms with Crippen molar-refractivity contribution in [1.29, 1.82) is 0 Å². The number of hydrogen-bond acceptors (Lipinski definition) is 4. The summed E-state index contributed by atoms with van der Waals surface area (Å²) in [5.74, 6) is -0.370. The molecule has 0 saturated carbocycles. The van der Waals surface area contributed by atoms with E-state index in [0.717, 1.165) is 10.4 Å². The highest BCUT2D eigenvalue weighted by Crippen LogP contribution is 2.23. The molecule has 23 heavy (non-hydrogen) atoms. The van der Waals surface area contributed by atoms with Crippen molar-refractivity contribution in [2.24, 2.45) is 0 Å². The Morgan fingerprint density at radius 1 is 1.22 bits per heavy atom. The molecule has 2 atom stereocenters. The summed E-state index contributed by atoms with van der Waals surface area (Å²) in [6, 6.07) is 11.9. The second kappa shape index (κ2) is 7.89. The number of nitrogens with one attached hydrogen (secondary N) is 1. The zero-order valence-corrected chi connectivity index (χ0v) is 14.2. The van der Waals surface area contributed by atoms with Gasteiger partial charge in [0.15, 0.2) is 6.04 Å². The molecule has 0 fully saturated rings. The number of aryl methyl sites for hydroxylation is 1. The Kier molecular flexibility index (Phi) is 5.90. The molecule has 1 aromatic heterocycles. The smallest absolute Gasteiger partial charge is 0.413 e. The molecule has 3 N–H and O–H groups in total. The van der Waals surface area contributed by atoms with Crippen molar-refractivity contribution in [3.63, 3.8) is 0 Å². The predicted molar refractivity (Wildman–Crippen MR) is 89.3 cm³/mol. The van der Waals surface area contributed by atoms with Crippen LogP contribution in [0.2, 0.25) is 0 Å². The maximum Gasteiger partial charge on any atom is 0.413 e. The van der Waals surface area contributed by atoms with Gasteiger partial charge in [0.05, 0.1) is 12.0 Å². The Hall–Kier alpha value is -2.18. The maximum absolute atomic E-state index is 12.1. The summed E-state index contributed by atoms with van der Waals surface area (Å²) in [6.45, 7) is 3.81. The molecule has 2 rings (SSSR count). The van der Waals surface area contributed by atoms with E-state index in [2.05, 4.69) is 40.4 Å². The van der Waals surface area contributed by atoms with Crippen LogP contribution in [0.3, 0.4) is 0 Å². The Bertz CT molecular complexity index is 653. The first-order chi connectivity index (χ1) is 11.0. The fraction of sp³-hybridized carbons (Fsp3) is 0.294. The lowest BCUT2D eigenvalue weighted by molar-refractivity contribution is -0.704. The van der Waals surface area contributed by atoms with Crippen LogP contribution in [0.4, 0.5) is 4.79 Å². The number of hydrogen-bond donors (Lipinski definition) is 2. The molecule has 1 aromatic carbocycles. The van der Waals surface area contributed by atoms with E-state index < -0.39 is 12.1 Å². The minimum Gasteiger partial charge on any atom is -0.453 e. The lowest BCUT2D eigenvalue weighted by Crippen LogP contribution is -2.92. The number of amides is 2. The second-order valence-electron chi connectivity index (χ2n) is 5.37. The van der Waals surface area contributed by atoms with Gasteiger partial charge in [0.1, 0.15) is 6.04 Å². The minimum atomic E-state index is -0.738. The van der Waals surface area contributed by atoms with Crippen LogP contribution in [-0.2, 0) is 9.53 Å². The molecule has 5 nitrogen and oxygen atoms in total. The predicted octanol–water partition coefficient (Wildman–Crippen LogP) is 1.98. The number of methoxy groups -OCH3 is 1. The summed E-state index contributed by atoms with van der Waals surface area (Å²) < 4.78 is 4.46. The number of quaternary nitrogens is 1. The van der Waals surface area contributed by atoms with Gasteiger partial charge in [-0.3, -0.25) is 10.1 Å². The molecule has 0 saturated heterocycles. The number of alkyl carbamates (subject to hydrolysis) is 1. The summed E-state index contributed by atoms with van der Waals surface area (Å²) in [6.07, 6.45) is -0.738. The summed E-state index contributed by atoms with van der Waals surface area (Å²) in [4.78, 5) is 24.4. The van der Waals surface area contributed by atoms with Crippen LogP contribution in [0.25, 0.3) is 0 Å². The molecule has 1 heterocycles. The number of nitrogens with two attached hydrogens (primary N) is 1. The highest BCUT2D eigenvalue weighted by molar-refractivity contribution is 7.10. The zero-order valence-electron chi connectivity index (χ0n) is 13.4. The van der Waals surface area contributed by atoms with Crippen molar-refractivity contribution in [3.05, 3.63) is 57.8 Å². The van der Waals surface area contributed by atoms with Crippen molar-refractivity contribution < 1.29 is 19.6 Å². The molecule has 2 amide bonds. The quantitative estimate of drug-likeness (QED) is 0.879. The summed E-state index contributed by atoms with van der Waals surface area (Å²) in [5.41, 5.74) is 2.31. The molecule has 0 radical (unpaired) electrons. The maximum atomic E-state index is 12.1. The van der Waals surface area contributed by atoms with Gasteiger partial charge in [0.25, 0.3) is 5.91 Å². The van der Waals surface area contributed by atoms with Crippen molar-refractivity contribution in [1.82, 2.24) is 5.32 Å². The number of thiophene rings is 1. The lowest BCUT2D eigenvalue weighted by Gasteiger charge is -2.19. The van der Waals surface area contributed by atoms with Gasteiger partial charge in [0, 0.05) is 5.56 Å². The van der Waals surface area contributed by atoms with Gasteiger partial charge < -0.3 is 10.1 Å². The Labute approximate surface area is 139 Å². The number of imide groups is 1. The third-order valence-electron chi connectivity index (χ3n) is 3.59. The van der Waals surface area contributed by atoms with E-state index in [9.17, 15) is 9.59 Å². The van der Waals surface area contributed by atoms with Gasteiger partial charge in [0.2, 0.25) is 0 Å². The van der Waals surface area contributed by atoms with E-state index in [0.29, 0.717) is 0 Å². The first-order valence-corrected chi connectivity index (χ1v) is 8.23. The number of carbonyl (C=O) groups is 2. The van der Waals surface area contributed by atoms with Crippen LogP contribution in [0.15, 0.2) is 41.8 Å².